The summed E-state index contributed by atoms with van der Waals surface area (Å²) in [7, 11) is 0. The number of carboxylic acids is 1. The zero-order valence-corrected chi connectivity index (χ0v) is 11.7. The molecule has 0 saturated heterocycles. The van der Waals surface area contributed by atoms with Crippen LogP contribution >= 0.6 is 0 Å². The molecule has 1 fully saturated rings. The van der Waals surface area contributed by atoms with E-state index in [-0.39, 0.29) is 24.2 Å². The third kappa shape index (κ3) is 5.59. The summed E-state index contributed by atoms with van der Waals surface area (Å²) in [5, 5.41) is 11.7. The Morgan fingerprint density at radius 3 is 2.42 bits per heavy atom. The average molecular weight is 270 g/mol. The SMILES string of the molecule is CCC(CNC(=O)C1CCC(CN)CC1)CC(=O)O. The summed E-state index contributed by atoms with van der Waals surface area (Å²) in [6.45, 7) is 3.13. The zero-order valence-electron chi connectivity index (χ0n) is 11.7. The summed E-state index contributed by atoms with van der Waals surface area (Å²) in [6, 6.07) is 0. The molecule has 1 saturated carbocycles. The highest BCUT2D eigenvalue weighted by Crippen LogP contribution is 2.28. The molecule has 0 radical (unpaired) electrons. The van der Waals surface area contributed by atoms with Gasteiger partial charge in [0.15, 0.2) is 0 Å². The maximum absolute atomic E-state index is 12.0. The number of hydrogen-bond donors (Lipinski definition) is 3. The maximum atomic E-state index is 12.0. The van der Waals surface area contributed by atoms with Gasteiger partial charge in [-0.1, -0.05) is 13.3 Å². The predicted molar refractivity (Wildman–Crippen MR) is 73.5 cm³/mol. The smallest absolute Gasteiger partial charge is 0.303 e. The lowest BCUT2D eigenvalue weighted by Gasteiger charge is -2.27. The number of carbonyl (C=O) groups excluding carboxylic acids is 1. The molecule has 0 spiro atoms. The molecule has 5 nitrogen and oxygen atoms in total. The fourth-order valence-corrected chi connectivity index (χ4v) is 2.66. The molecule has 5 heteroatoms. The molecular formula is C14H26N2O3. The van der Waals surface area contributed by atoms with E-state index in [0.29, 0.717) is 19.0 Å². The highest BCUT2D eigenvalue weighted by atomic mass is 16.4. The van der Waals surface area contributed by atoms with Gasteiger partial charge in [0.25, 0.3) is 0 Å². The first-order valence-electron chi connectivity index (χ1n) is 7.26. The quantitative estimate of drug-likeness (QED) is 0.651. The van der Waals surface area contributed by atoms with Crippen LogP contribution in [0.1, 0.15) is 45.4 Å². The van der Waals surface area contributed by atoms with Crippen LogP contribution in [0.3, 0.4) is 0 Å². The second-order valence-electron chi connectivity index (χ2n) is 5.57. The van der Waals surface area contributed by atoms with Crippen molar-refractivity contribution in [3.63, 3.8) is 0 Å². The Morgan fingerprint density at radius 2 is 1.95 bits per heavy atom. The topological polar surface area (TPSA) is 92.4 Å². The third-order valence-electron chi connectivity index (χ3n) is 4.16. The monoisotopic (exact) mass is 270 g/mol. The standard InChI is InChI=1S/C14H26N2O3/c1-2-10(7-13(17)18)9-16-14(19)12-5-3-11(8-15)4-6-12/h10-12H,2-9,15H2,1H3,(H,16,19)(H,17,18). The van der Waals surface area contributed by atoms with Crippen LogP contribution < -0.4 is 11.1 Å². The van der Waals surface area contributed by atoms with Crippen molar-refractivity contribution in [3.05, 3.63) is 0 Å². The number of aliphatic carboxylic acids is 1. The number of hydrogen-bond acceptors (Lipinski definition) is 3. The van der Waals surface area contributed by atoms with Crippen LogP contribution in [-0.2, 0) is 9.59 Å². The van der Waals surface area contributed by atoms with Crippen LogP contribution in [0.15, 0.2) is 0 Å². The second kappa shape index (κ2) is 8.15. The first kappa shape index (κ1) is 16.0. The van der Waals surface area contributed by atoms with Crippen LogP contribution in [0.4, 0.5) is 0 Å². The van der Waals surface area contributed by atoms with Crippen LogP contribution in [0.25, 0.3) is 0 Å². The van der Waals surface area contributed by atoms with Gasteiger partial charge in [0.1, 0.15) is 0 Å². The fraction of sp³-hybridized carbons (Fsp3) is 0.857. The Bertz CT molecular complexity index is 299. The van der Waals surface area contributed by atoms with Gasteiger partial charge < -0.3 is 16.2 Å². The number of rotatable bonds is 7. The molecule has 110 valence electrons. The first-order chi connectivity index (χ1) is 9.06. The lowest BCUT2D eigenvalue weighted by atomic mass is 9.81. The summed E-state index contributed by atoms with van der Waals surface area (Å²) in [5.74, 6) is -0.0321. The van der Waals surface area contributed by atoms with Crippen molar-refractivity contribution in [2.24, 2.45) is 23.5 Å². The molecule has 0 aromatic heterocycles. The lowest BCUT2D eigenvalue weighted by Crippen LogP contribution is -2.37. The van der Waals surface area contributed by atoms with E-state index in [0.717, 1.165) is 32.1 Å². The minimum absolute atomic E-state index is 0.0295. The highest BCUT2D eigenvalue weighted by molar-refractivity contribution is 5.78. The van der Waals surface area contributed by atoms with E-state index >= 15 is 0 Å². The van der Waals surface area contributed by atoms with E-state index in [1.807, 2.05) is 6.92 Å². The van der Waals surface area contributed by atoms with Crippen molar-refractivity contribution < 1.29 is 14.7 Å². The third-order valence-corrected chi connectivity index (χ3v) is 4.16. The summed E-state index contributed by atoms with van der Waals surface area (Å²) >= 11 is 0. The largest absolute Gasteiger partial charge is 0.481 e. The van der Waals surface area contributed by atoms with E-state index in [2.05, 4.69) is 5.32 Å². The molecule has 1 aliphatic rings. The molecule has 1 rings (SSSR count). The number of nitrogens with two attached hydrogens (primary N) is 1. The Balaban J connectivity index is 2.29. The molecule has 0 aliphatic heterocycles. The Hall–Kier alpha value is -1.10. The van der Waals surface area contributed by atoms with E-state index in [1.165, 1.54) is 0 Å². The molecule has 1 atom stereocenters. The summed E-state index contributed by atoms with van der Waals surface area (Å²) in [4.78, 5) is 22.7. The highest BCUT2D eigenvalue weighted by Gasteiger charge is 2.25. The van der Waals surface area contributed by atoms with Gasteiger partial charge >= 0.3 is 5.97 Å². The van der Waals surface area contributed by atoms with Gasteiger partial charge in [-0.3, -0.25) is 9.59 Å². The van der Waals surface area contributed by atoms with Gasteiger partial charge in [0, 0.05) is 18.9 Å². The van der Waals surface area contributed by atoms with Crippen molar-refractivity contribution in [3.8, 4) is 0 Å². The lowest BCUT2D eigenvalue weighted by molar-refractivity contribution is -0.138. The van der Waals surface area contributed by atoms with E-state index < -0.39 is 5.97 Å². The summed E-state index contributed by atoms with van der Waals surface area (Å²) < 4.78 is 0. The summed E-state index contributed by atoms with van der Waals surface area (Å²) in [6.07, 6.45) is 4.76. The Kier molecular flexibility index (Phi) is 6.84. The number of carboxylic acid groups (broad SMARTS) is 1. The van der Waals surface area contributed by atoms with Gasteiger partial charge in [-0.15, -0.1) is 0 Å². The molecule has 0 heterocycles. The van der Waals surface area contributed by atoms with Crippen LogP contribution in [0, 0.1) is 17.8 Å². The van der Waals surface area contributed by atoms with Gasteiger partial charge in [0.2, 0.25) is 5.91 Å². The van der Waals surface area contributed by atoms with E-state index in [9.17, 15) is 9.59 Å². The number of nitrogens with one attached hydrogen (secondary N) is 1. The molecule has 1 amide bonds. The normalized spacial score (nSPS) is 24.7. The Morgan fingerprint density at radius 1 is 1.32 bits per heavy atom. The molecule has 0 bridgehead atoms. The minimum Gasteiger partial charge on any atom is -0.481 e. The second-order valence-corrected chi connectivity index (χ2v) is 5.57. The van der Waals surface area contributed by atoms with Crippen LogP contribution in [0.5, 0.6) is 0 Å². The van der Waals surface area contributed by atoms with Gasteiger partial charge in [-0.2, -0.15) is 0 Å². The number of carbonyl (C=O) groups is 2. The first-order valence-corrected chi connectivity index (χ1v) is 7.26. The van der Waals surface area contributed by atoms with Crippen LogP contribution in [-0.4, -0.2) is 30.1 Å². The van der Waals surface area contributed by atoms with Gasteiger partial charge in [-0.25, -0.2) is 0 Å². The van der Waals surface area contributed by atoms with Crippen molar-refractivity contribution in [2.45, 2.75) is 45.4 Å². The molecular weight excluding hydrogens is 244 g/mol. The zero-order chi connectivity index (χ0) is 14.3. The number of amides is 1. The van der Waals surface area contributed by atoms with Crippen molar-refractivity contribution >= 4 is 11.9 Å². The fourth-order valence-electron chi connectivity index (χ4n) is 2.66. The molecule has 0 aromatic rings. The van der Waals surface area contributed by atoms with Crippen LogP contribution in [0.2, 0.25) is 0 Å². The predicted octanol–water partition coefficient (Wildman–Crippen LogP) is 1.37. The van der Waals surface area contributed by atoms with Crippen molar-refractivity contribution in [1.29, 1.82) is 0 Å². The molecule has 1 aliphatic carbocycles. The van der Waals surface area contributed by atoms with Crippen molar-refractivity contribution in [2.75, 3.05) is 13.1 Å². The summed E-state index contributed by atoms with van der Waals surface area (Å²) in [5.41, 5.74) is 5.63. The minimum atomic E-state index is -0.801. The average Bonchev–Trinajstić information content (AvgIpc) is 2.42. The van der Waals surface area contributed by atoms with Crippen molar-refractivity contribution in [1.82, 2.24) is 5.32 Å². The Labute approximate surface area is 114 Å². The van der Waals surface area contributed by atoms with Gasteiger partial charge in [0.05, 0.1) is 0 Å². The van der Waals surface area contributed by atoms with Gasteiger partial charge in [-0.05, 0) is 44.1 Å². The molecule has 19 heavy (non-hydrogen) atoms. The van der Waals surface area contributed by atoms with E-state index in [1.54, 1.807) is 0 Å². The maximum Gasteiger partial charge on any atom is 0.303 e. The van der Waals surface area contributed by atoms with E-state index in [4.69, 9.17) is 10.8 Å². The molecule has 1 unspecified atom stereocenters. The molecule has 4 N–H and O–H groups in total. The molecule has 0 aromatic carbocycles.